The lowest BCUT2D eigenvalue weighted by Gasteiger charge is -2.30. The summed E-state index contributed by atoms with van der Waals surface area (Å²) in [7, 11) is 3.29. The highest BCUT2D eigenvalue weighted by atomic mass is 19.1. The molecule has 1 saturated heterocycles. The number of fused-ring (bicyclic) bond motifs is 1. The summed E-state index contributed by atoms with van der Waals surface area (Å²) in [6.07, 6.45) is 0. The molecular weight excluding hydrogens is 385 g/mol. The monoisotopic (exact) mass is 411 g/mol. The number of rotatable bonds is 7. The average molecular weight is 411 g/mol. The van der Waals surface area contributed by atoms with Crippen molar-refractivity contribution < 1.29 is 18.6 Å². The fourth-order valence-electron chi connectivity index (χ4n) is 3.74. The number of halogens is 1. The smallest absolute Gasteiger partial charge is 0.145 e. The Kier molecular flexibility index (Phi) is 6.30. The zero-order valence-corrected chi connectivity index (χ0v) is 17.3. The molecule has 0 amide bonds. The van der Waals surface area contributed by atoms with Gasteiger partial charge in [0.25, 0.3) is 0 Å². The first-order valence-electron chi connectivity index (χ1n) is 10.0. The molecule has 0 unspecified atom stereocenters. The molecule has 0 bridgehead atoms. The minimum Gasteiger partial charge on any atom is -0.496 e. The van der Waals surface area contributed by atoms with Crippen molar-refractivity contribution in [3.05, 3.63) is 59.4 Å². The molecular formula is C23H26FN3O3. The minimum atomic E-state index is -0.207. The van der Waals surface area contributed by atoms with Crippen LogP contribution in [-0.2, 0) is 17.8 Å². The summed E-state index contributed by atoms with van der Waals surface area (Å²) in [4.78, 5) is 7.20. The van der Waals surface area contributed by atoms with E-state index in [9.17, 15) is 4.39 Å². The number of pyridine rings is 1. The molecule has 0 spiro atoms. The van der Waals surface area contributed by atoms with Gasteiger partial charge in [0.05, 0.1) is 27.4 Å². The second-order valence-electron chi connectivity index (χ2n) is 7.13. The highest BCUT2D eigenvalue weighted by molar-refractivity contribution is 5.92. The Morgan fingerprint density at radius 1 is 1.00 bits per heavy atom. The Hall–Kier alpha value is -2.90. The van der Waals surface area contributed by atoms with Crippen molar-refractivity contribution in [2.24, 2.45) is 0 Å². The van der Waals surface area contributed by atoms with Gasteiger partial charge in [0.1, 0.15) is 28.7 Å². The SMILES string of the molecule is COc1ccc(OC)c2nc(N3CCOCC3)c(CNCc3ccccc3F)cc12. The number of morpholine rings is 1. The number of aromatic nitrogens is 1. The van der Waals surface area contributed by atoms with Crippen LogP contribution < -0.4 is 19.7 Å². The average Bonchev–Trinajstić information content (AvgIpc) is 2.79. The van der Waals surface area contributed by atoms with E-state index in [2.05, 4.69) is 16.3 Å². The zero-order valence-electron chi connectivity index (χ0n) is 17.3. The van der Waals surface area contributed by atoms with Gasteiger partial charge in [0.2, 0.25) is 0 Å². The van der Waals surface area contributed by atoms with E-state index in [-0.39, 0.29) is 5.82 Å². The number of benzene rings is 2. The van der Waals surface area contributed by atoms with Crippen LogP contribution in [0.2, 0.25) is 0 Å². The second-order valence-corrected chi connectivity index (χ2v) is 7.13. The van der Waals surface area contributed by atoms with Crippen LogP contribution in [0.5, 0.6) is 11.5 Å². The summed E-state index contributed by atoms with van der Waals surface area (Å²) < 4.78 is 30.6. The summed E-state index contributed by atoms with van der Waals surface area (Å²) in [6, 6.07) is 12.6. The predicted octanol–water partition coefficient (Wildman–Crippen LogP) is 3.52. The van der Waals surface area contributed by atoms with Crippen LogP contribution in [-0.4, -0.2) is 45.5 Å². The number of anilines is 1. The summed E-state index contributed by atoms with van der Waals surface area (Å²) in [5.41, 5.74) is 2.42. The van der Waals surface area contributed by atoms with Crippen molar-refractivity contribution in [1.29, 1.82) is 0 Å². The quantitative estimate of drug-likeness (QED) is 0.642. The molecule has 158 valence electrons. The van der Waals surface area contributed by atoms with Gasteiger partial charge in [0.15, 0.2) is 0 Å². The Labute approximate surface area is 175 Å². The van der Waals surface area contributed by atoms with Crippen molar-refractivity contribution in [1.82, 2.24) is 10.3 Å². The molecule has 2 aromatic carbocycles. The maximum atomic E-state index is 14.0. The molecule has 4 rings (SSSR count). The van der Waals surface area contributed by atoms with Crippen LogP contribution in [0.3, 0.4) is 0 Å². The van der Waals surface area contributed by atoms with Gasteiger partial charge in [0, 0.05) is 42.7 Å². The minimum absolute atomic E-state index is 0.207. The first-order chi connectivity index (χ1) is 14.7. The van der Waals surface area contributed by atoms with Crippen LogP contribution >= 0.6 is 0 Å². The molecule has 1 aliphatic rings. The molecule has 0 aliphatic carbocycles. The highest BCUT2D eigenvalue weighted by Gasteiger charge is 2.20. The van der Waals surface area contributed by atoms with Crippen LogP contribution in [0.15, 0.2) is 42.5 Å². The number of nitrogens with one attached hydrogen (secondary N) is 1. The van der Waals surface area contributed by atoms with Crippen LogP contribution in [0.4, 0.5) is 10.2 Å². The van der Waals surface area contributed by atoms with E-state index in [1.165, 1.54) is 6.07 Å². The lowest BCUT2D eigenvalue weighted by molar-refractivity contribution is 0.122. The molecule has 1 aromatic heterocycles. The standard InChI is InChI=1S/C23H26FN3O3/c1-28-20-7-8-21(29-2)22-18(20)13-17(23(26-22)27-9-11-30-12-10-27)15-25-14-16-5-3-4-6-19(16)24/h3-8,13,25H,9-12,14-15H2,1-2H3. The van der Waals surface area contributed by atoms with Gasteiger partial charge in [-0.25, -0.2) is 9.37 Å². The van der Waals surface area contributed by atoms with Crippen molar-refractivity contribution >= 4 is 16.7 Å². The van der Waals surface area contributed by atoms with E-state index in [1.807, 2.05) is 18.2 Å². The number of ether oxygens (including phenoxy) is 3. The van der Waals surface area contributed by atoms with E-state index in [0.717, 1.165) is 41.1 Å². The fourth-order valence-corrected chi connectivity index (χ4v) is 3.74. The number of hydrogen-bond donors (Lipinski definition) is 1. The van der Waals surface area contributed by atoms with Gasteiger partial charge in [-0.3, -0.25) is 0 Å². The Morgan fingerprint density at radius 2 is 1.70 bits per heavy atom. The highest BCUT2D eigenvalue weighted by Crippen LogP contribution is 2.35. The maximum Gasteiger partial charge on any atom is 0.145 e. The molecule has 1 N–H and O–H groups in total. The van der Waals surface area contributed by atoms with E-state index in [0.29, 0.717) is 37.6 Å². The van der Waals surface area contributed by atoms with Crippen LogP contribution in [0.1, 0.15) is 11.1 Å². The molecule has 0 radical (unpaired) electrons. The molecule has 0 atom stereocenters. The third kappa shape index (κ3) is 4.17. The Morgan fingerprint density at radius 3 is 2.43 bits per heavy atom. The molecule has 1 fully saturated rings. The van der Waals surface area contributed by atoms with Crippen molar-refractivity contribution in [3.8, 4) is 11.5 Å². The van der Waals surface area contributed by atoms with Crippen LogP contribution in [0.25, 0.3) is 10.9 Å². The first kappa shape index (κ1) is 20.4. The van der Waals surface area contributed by atoms with Gasteiger partial charge >= 0.3 is 0 Å². The van der Waals surface area contributed by atoms with E-state index < -0.39 is 0 Å². The van der Waals surface area contributed by atoms with E-state index in [4.69, 9.17) is 19.2 Å². The van der Waals surface area contributed by atoms with E-state index >= 15 is 0 Å². The second kappa shape index (κ2) is 9.28. The lowest BCUT2D eigenvalue weighted by Crippen LogP contribution is -2.37. The van der Waals surface area contributed by atoms with Crippen molar-refractivity contribution in [2.45, 2.75) is 13.1 Å². The molecule has 30 heavy (non-hydrogen) atoms. The zero-order chi connectivity index (χ0) is 20.9. The third-order valence-corrected chi connectivity index (χ3v) is 5.30. The fraction of sp³-hybridized carbons (Fsp3) is 0.348. The summed E-state index contributed by atoms with van der Waals surface area (Å²) in [6.45, 7) is 3.84. The number of nitrogens with zero attached hydrogens (tertiary/aromatic N) is 2. The number of hydrogen-bond acceptors (Lipinski definition) is 6. The summed E-state index contributed by atoms with van der Waals surface area (Å²) >= 11 is 0. The van der Waals surface area contributed by atoms with Crippen molar-refractivity contribution in [2.75, 3.05) is 45.4 Å². The van der Waals surface area contributed by atoms with Gasteiger partial charge in [-0.15, -0.1) is 0 Å². The molecule has 2 heterocycles. The Balaban J connectivity index is 1.70. The maximum absolute atomic E-state index is 14.0. The third-order valence-electron chi connectivity index (χ3n) is 5.30. The van der Waals surface area contributed by atoms with Gasteiger partial charge < -0.3 is 24.4 Å². The van der Waals surface area contributed by atoms with Crippen LogP contribution in [0, 0.1) is 5.82 Å². The van der Waals surface area contributed by atoms with E-state index in [1.54, 1.807) is 26.4 Å². The summed E-state index contributed by atoms with van der Waals surface area (Å²) in [5.74, 6) is 2.12. The predicted molar refractivity (Wildman–Crippen MR) is 115 cm³/mol. The molecule has 3 aromatic rings. The number of methoxy groups -OCH3 is 2. The molecule has 1 aliphatic heterocycles. The Bertz CT molecular complexity index is 1020. The largest absolute Gasteiger partial charge is 0.496 e. The summed E-state index contributed by atoms with van der Waals surface area (Å²) in [5, 5.41) is 4.24. The van der Waals surface area contributed by atoms with Crippen molar-refractivity contribution in [3.63, 3.8) is 0 Å². The molecule has 6 nitrogen and oxygen atoms in total. The normalized spacial score (nSPS) is 14.2. The lowest BCUT2D eigenvalue weighted by atomic mass is 10.1. The topological polar surface area (TPSA) is 55.9 Å². The van der Waals surface area contributed by atoms with Gasteiger partial charge in [-0.1, -0.05) is 18.2 Å². The van der Waals surface area contributed by atoms with Gasteiger partial charge in [-0.05, 0) is 24.3 Å². The molecule has 0 saturated carbocycles. The molecule has 7 heteroatoms. The first-order valence-corrected chi connectivity index (χ1v) is 10.0. The van der Waals surface area contributed by atoms with Gasteiger partial charge in [-0.2, -0.15) is 0 Å².